The summed E-state index contributed by atoms with van der Waals surface area (Å²) in [6.07, 6.45) is 5.13. The van der Waals surface area contributed by atoms with Crippen LogP contribution in [0.3, 0.4) is 0 Å². The molecule has 0 heterocycles. The summed E-state index contributed by atoms with van der Waals surface area (Å²) in [5.41, 5.74) is 1.10. The van der Waals surface area contributed by atoms with Crippen molar-refractivity contribution in [2.75, 3.05) is 0 Å². The van der Waals surface area contributed by atoms with E-state index in [0.717, 1.165) is 16.3 Å². The zero-order chi connectivity index (χ0) is 8.81. The van der Waals surface area contributed by atoms with Crippen LogP contribution in [0.25, 0.3) is 6.08 Å². The average Bonchev–Trinajstić information content (AvgIpc) is 2.09. The van der Waals surface area contributed by atoms with Gasteiger partial charge in [0.05, 0.1) is 0 Å². The van der Waals surface area contributed by atoms with Gasteiger partial charge in [-0.3, -0.25) is 0 Å². The Kier molecular flexibility index (Phi) is 3.74. The first-order chi connectivity index (χ1) is 5.84. The molecule has 0 unspecified atom stereocenters. The number of halogens is 1. The summed E-state index contributed by atoms with van der Waals surface area (Å²) in [5.74, 6) is 0. The molecule has 0 radical (unpaired) electrons. The van der Waals surface area contributed by atoms with Crippen LogP contribution in [0.4, 0.5) is 0 Å². The van der Waals surface area contributed by atoms with Crippen molar-refractivity contribution in [2.24, 2.45) is 0 Å². The van der Waals surface area contributed by atoms with Gasteiger partial charge in [0.1, 0.15) is 6.29 Å². The van der Waals surface area contributed by atoms with E-state index in [1.165, 1.54) is 0 Å². The Morgan fingerprint density at radius 3 is 2.75 bits per heavy atom. The molecule has 0 bridgehead atoms. The van der Waals surface area contributed by atoms with Crippen LogP contribution in [-0.2, 0) is 4.79 Å². The molecule has 1 nitrogen and oxygen atoms in total. The average molecular weight is 225 g/mol. The van der Waals surface area contributed by atoms with Gasteiger partial charge in [-0.15, -0.1) is 0 Å². The summed E-state index contributed by atoms with van der Waals surface area (Å²) in [5, 5.41) is 0. The highest BCUT2D eigenvalue weighted by molar-refractivity contribution is 9.10. The van der Waals surface area contributed by atoms with E-state index in [1.807, 2.05) is 36.4 Å². The van der Waals surface area contributed by atoms with E-state index in [2.05, 4.69) is 15.9 Å². The van der Waals surface area contributed by atoms with Crippen molar-refractivity contribution in [1.29, 1.82) is 0 Å². The molecule has 1 aromatic carbocycles. The van der Waals surface area contributed by atoms with E-state index >= 15 is 0 Å². The van der Waals surface area contributed by atoms with Crippen LogP contribution in [0.2, 0.25) is 0 Å². The fraction of sp³-hybridized carbons (Fsp3) is 0.100. The Labute approximate surface area is 80.2 Å². The van der Waals surface area contributed by atoms with Gasteiger partial charge in [0.25, 0.3) is 0 Å². The summed E-state index contributed by atoms with van der Waals surface area (Å²) >= 11 is 3.41. The molecule has 0 saturated carbocycles. The third-order valence-corrected chi connectivity index (χ3v) is 2.16. The monoisotopic (exact) mass is 224 g/mol. The van der Waals surface area contributed by atoms with Crippen molar-refractivity contribution in [3.63, 3.8) is 0 Å². The van der Waals surface area contributed by atoms with Crippen LogP contribution < -0.4 is 0 Å². The molecular weight excluding hydrogens is 216 g/mol. The molecule has 0 aliphatic heterocycles. The van der Waals surface area contributed by atoms with Gasteiger partial charge in [0, 0.05) is 10.9 Å². The number of hydrogen-bond acceptors (Lipinski definition) is 1. The second-order valence-corrected chi connectivity index (χ2v) is 3.18. The first-order valence-corrected chi connectivity index (χ1v) is 4.48. The SMILES string of the molecule is O=CCC=Cc1ccccc1Br. The number of rotatable bonds is 3. The lowest BCUT2D eigenvalue weighted by molar-refractivity contribution is -0.107. The van der Waals surface area contributed by atoms with E-state index in [9.17, 15) is 4.79 Å². The highest BCUT2D eigenvalue weighted by Crippen LogP contribution is 2.16. The van der Waals surface area contributed by atoms with Crippen molar-refractivity contribution in [3.8, 4) is 0 Å². The minimum absolute atomic E-state index is 0.474. The summed E-state index contributed by atoms with van der Waals surface area (Å²) in [6.45, 7) is 0. The highest BCUT2D eigenvalue weighted by Gasteiger charge is 1.90. The maximum atomic E-state index is 10.0. The van der Waals surface area contributed by atoms with Crippen LogP contribution in [0.15, 0.2) is 34.8 Å². The number of hydrogen-bond donors (Lipinski definition) is 0. The largest absolute Gasteiger partial charge is 0.303 e. The Bertz CT molecular complexity index is 292. The zero-order valence-corrected chi connectivity index (χ0v) is 8.12. The Morgan fingerprint density at radius 1 is 1.33 bits per heavy atom. The summed E-state index contributed by atoms with van der Waals surface area (Å²) in [6, 6.07) is 7.89. The van der Waals surface area contributed by atoms with Crippen LogP contribution in [0, 0.1) is 0 Å². The van der Waals surface area contributed by atoms with Gasteiger partial charge in [0.2, 0.25) is 0 Å². The van der Waals surface area contributed by atoms with E-state index < -0.39 is 0 Å². The van der Waals surface area contributed by atoms with Crippen molar-refractivity contribution >= 4 is 28.3 Å². The molecule has 62 valence electrons. The highest BCUT2D eigenvalue weighted by atomic mass is 79.9. The summed E-state index contributed by atoms with van der Waals surface area (Å²) in [4.78, 5) is 10.0. The first-order valence-electron chi connectivity index (χ1n) is 3.69. The summed E-state index contributed by atoms with van der Waals surface area (Å²) in [7, 11) is 0. The van der Waals surface area contributed by atoms with Gasteiger partial charge in [0.15, 0.2) is 0 Å². The van der Waals surface area contributed by atoms with E-state index in [1.54, 1.807) is 0 Å². The van der Waals surface area contributed by atoms with Gasteiger partial charge < -0.3 is 4.79 Å². The topological polar surface area (TPSA) is 17.1 Å². The molecule has 1 aromatic rings. The number of aldehydes is 1. The molecule has 0 atom stereocenters. The Morgan fingerprint density at radius 2 is 2.08 bits per heavy atom. The maximum Gasteiger partial charge on any atom is 0.123 e. The Balaban J connectivity index is 2.74. The predicted molar refractivity (Wildman–Crippen MR) is 53.9 cm³/mol. The third kappa shape index (κ3) is 2.62. The van der Waals surface area contributed by atoms with Gasteiger partial charge in [-0.1, -0.05) is 46.3 Å². The number of benzene rings is 1. The van der Waals surface area contributed by atoms with E-state index in [4.69, 9.17) is 0 Å². The quantitative estimate of drug-likeness (QED) is 0.722. The second kappa shape index (κ2) is 4.88. The number of allylic oxidation sites excluding steroid dienone is 1. The minimum Gasteiger partial charge on any atom is -0.303 e. The van der Waals surface area contributed by atoms with Gasteiger partial charge in [-0.2, -0.15) is 0 Å². The third-order valence-electron chi connectivity index (χ3n) is 1.43. The standard InChI is InChI=1S/C10H9BrO/c11-10-7-2-1-5-9(10)6-3-4-8-12/h1-3,5-8H,4H2. The maximum absolute atomic E-state index is 10.0. The van der Waals surface area contributed by atoms with Crippen molar-refractivity contribution in [1.82, 2.24) is 0 Å². The lowest BCUT2D eigenvalue weighted by Gasteiger charge is -1.95. The molecule has 0 saturated heterocycles. The molecule has 1 rings (SSSR count). The molecule has 0 spiro atoms. The second-order valence-electron chi connectivity index (χ2n) is 2.33. The molecule has 12 heavy (non-hydrogen) atoms. The summed E-state index contributed by atoms with van der Waals surface area (Å²) < 4.78 is 1.05. The van der Waals surface area contributed by atoms with Crippen LogP contribution in [-0.4, -0.2) is 6.29 Å². The molecule has 0 aliphatic rings. The molecule has 0 amide bonds. The van der Waals surface area contributed by atoms with Crippen LogP contribution >= 0.6 is 15.9 Å². The van der Waals surface area contributed by atoms with Gasteiger partial charge in [-0.05, 0) is 11.6 Å². The smallest absolute Gasteiger partial charge is 0.123 e. The number of carbonyl (C=O) groups is 1. The zero-order valence-electron chi connectivity index (χ0n) is 6.53. The minimum atomic E-state index is 0.474. The van der Waals surface area contributed by atoms with Crippen molar-refractivity contribution in [3.05, 3.63) is 40.4 Å². The molecule has 2 heteroatoms. The fourth-order valence-corrected chi connectivity index (χ4v) is 1.28. The van der Waals surface area contributed by atoms with Crippen LogP contribution in [0.1, 0.15) is 12.0 Å². The van der Waals surface area contributed by atoms with E-state index in [-0.39, 0.29) is 0 Å². The van der Waals surface area contributed by atoms with Gasteiger partial charge in [-0.25, -0.2) is 0 Å². The fourth-order valence-electron chi connectivity index (χ4n) is 0.861. The van der Waals surface area contributed by atoms with E-state index in [0.29, 0.717) is 6.42 Å². The molecular formula is C10H9BrO. The normalized spacial score (nSPS) is 10.4. The lowest BCUT2D eigenvalue weighted by Crippen LogP contribution is -1.73. The van der Waals surface area contributed by atoms with Crippen LogP contribution in [0.5, 0.6) is 0 Å². The molecule has 0 aliphatic carbocycles. The first kappa shape index (κ1) is 9.20. The lowest BCUT2D eigenvalue weighted by atomic mass is 10.2. The molecule has 0 fully saturated rings. The van der Waals surface area contributed by atoms with Crippen molar-refractivity contribution < 1.29 is 4.79 Å². The molecule has 0 N–H and O–H groups in total. The number of carbonyl (C=O) groups excluding carboxylic acids is 1. The predicted octanol–water partition coefficient (Wildman–Crippen LogP) is 3.05. The Hall–Kier alpha value is -0.890. The molecule has 0 aromatic heterocycles. The van der Waals surface area contributed by atoms with Gasteiger partial charge >= 0.3 is 0 Å². The van der Waals surface area contributed by atoms with Crippen molar-refractivity contribution in [2.45, 2.75) is 6.42 Å².